The van der Waals surface area contributed by atoms with Crippen LogP contribution in [0.5, 0.6) is 0 Å². The van der Waals surface area contributed by atoms with Gasteiger partial charge in [-0.2, -0.15) is 0 Å². The van der Waals surface area contributed by atoms with Gasteiger partial charge in [0.2, 0.25) is 0 Å². The zero-order valence-corrected chi connectivity index (χ0v) is 13.0. The number of halogens is 1. The molecule has 0 fully saturated rings. The van der Waals surface area contributed by atoms with Crippen molar-refractivity contribution >= 4 is 38.9 Å². The average Bonchev–Trinajstić information content (AvgIpc) is 2.91. The maximum Gasteiger partial charge on any atom is 0.173 e. The summed E-state index contributed by atoms with van der Waals surface area (Å²) in [5.74, 6) is 0. The van der Waals surface area contributed by atoms with Crippen molar-refractivity contribution in [2.45, 2.75) is 6.54 Å². The third-order valence-corrected chi connectivity index (χ3v) is 3.64. The topological polar surface area (TPSA) is 33.1 Å². The SMILES string of the molecule is CN(CCn1ccnc1)C(=S)Nc1ccc(Br)cc1. The van der Waals surface area contributed by atoms with E-state index in [9.17, 15) is 0 Å². The zero-order valence-electron chi connectivity index (χ0n) is 10.6. The lowest BCUT2D eigenvalue weighted by atomic mass is 10.3. The van der Waals surface area contributed by atoms with E-state index in [1.165, 1.54) is 0 Å². The van der Waals surface area contributed by atoms with Crippen LogP contribution >= 0.6 is 28.1 Å². The number of rotatable bonds is 4. The summed E-state index contributed by atoms with van der Waals surface area (Å²) in [6, 6.07) is 7.94. The maximum absolute atomic E-state index is 5.36. The van der Waals surface area contributed by atoms with Crippen molar-refractivity contribution in [1.82, 2.24) is 14.5 Å². The van der Waals surface area contributed by atoms with Crippen LogP contribution in [0, 0.1) is 0 Å². The van der Waals surface area contributed by atoms with Crippen molar-refractivity contribution in [3.63, 3.8) is 0 Å². The van der Waals surface area contributed by atoms with E-state index in [-0.39, 0.29) is 0 Å². The Morgan fingerprint density at radius 2 is 2.16 bits per heavy atom. The predicted molar refractivity (Wildman–Crippen MR) is 85.2 cm³/mol. The Morgan fingerprint density at radius 1 is 1.42 bits per heavy atom. The Labute approximate surface area is 126 Å². The molecule has 1 N–H and O–H groups in total. The average molecular weight is 339 g/mol. The monoisotopic (exact) mass is 338 g/mol. The van der Waals surface area contributed by atoms with Gasteiger partial charge in [-0.25, -0.2) is 4.98 Å². The molecule has 0 radical (unpaired) electrons. The van der Waals surface area contributed by atoms with Crippen LogP contribution in [-0.2, 0) is 6.54 Å². The summed E-state index contributed by atoms with van der Waals surface area (Å²) in [4.78, 5) is 6.02. The van der Waals surface area contributed by atoms with Crippen molar-refractivity contribution in [2.24, 2.45) is 0 Å². The van der Waals surface area contributed by atoms with Crippen molar-refractivity contribution in [3.05, 3.63) is 47.5 Å². The van der Waals surface area contributed by atoms with E-state index in [0.717, 1.165) is 23.2 Å². The smallest absolute Gasteiger partial charge is 0.173 e. The van der Waals surface area contributed by atoms with Gasteiger partial charge in [-0.15, -0.1) is 0 Å². The Balaban J connectivity index is 1.83. The van der Waals surface area contributed by atoms with E-state index < -0.39 is 0 Å². The standard InChI is InChI=1S/C13H15BrN4S/c1-17(8-9-18-7-6-15-10-18)13(19)16-12-4-2-11(14)3-5-12/h2-7,10H,8-9H2,1H3,(H,16,19). The number of anilines is 1. The molecule has 19 heavy (non-hydrogen) atoms. The summed E-state index contributed by atoms with van der Waals surface area (Å²) in [7, 11) is 1.98. The number of thiocarbonyl (C=S) groups is 1. The molecule has 0 atom stereocenters. The highest BCUT2D eigenvalue weighted by atomic mass is 79.9. The Morgan fingerprint density at radius 3 is 2.79 bits per heavy atom. The van der Waals surface area contributed by atoms with Crippen LogP contribution < -0.4 is 5.32 Å². The molecule has 0 amide bonds. The summed E-state index contributed by atoms with van der Waals surface area (Å²) in [6.45, 7) is 1.69. The summed E-state index contributed by atoms with van der Waals surface area (Å²) in [5, 5.41) is 3.92. The van der Waals surface area contributed by atoms with Gasteiger partial charge in [0, 0.05) is 42.7 Å². The number of nitrogens with zero attached hydrogens (tertiary/aromatic N) is 3. The van der Waals surface area contributed by atoms with Crippen LogP contribution in [0.4, 0.5) is 5.69 Å². The van der Waals surface area contributed by atoms with Gasteiger partial charge in [-0.3, -0.25) is 0 Å². The third kappa shape index (κ3) is 4.33. The van der Waals surface area contributed by atoms with Crippen molar-refractivity contribution in [2.75, 3.05) is 18.9 Å². The van der Waals surface area contributed by atoms with Gasteiger partial charge in [0.1, 0.15) is 0 Å². The molecule has 2 aromatic rings. The van der Waals surface area contributed by atoms with E-state index in [2.05, 4.69) is 26.2 Å². The van der Waals surface area contributed by atoms with Gasteiger partial charge in [-0.1, -0.05) is 15.9 Å². The van der Waals surface area contributed by atoms with Gasteiger partial charge >= 0.3 is 0 Å². The van der Waals surface area contributed by atoms with E-state index >= 15 is 0 Å². The molecule has 0 aliphatic rings. The number of nitrogens with one attached hydrogen (secondary N) is 1. The van der Waals surface area contributed by atoms with E-state index in [0.29, 0.717) is 5.11 Å². The second kappa shape index (κ2) is 6.68. The second-order valence-corrected chi connectivity index (χ2v) is 5.46. The molecule has 1 heterocycles. The van der Waals surface area contributed by atoms with Gasteiger partial charge in [0.15, 0.2) is 5.11 Å². The second-order valence-electron chi connectivity index (χ2n) is 4.16. The molecule has 0 aliphatic carbocycles. The van der Waals surface area contributed by atoms with Crippen LogP contribution in [0.15, 0.2) is 47.5 Å². The molecule has 0 bridgehead atoms. The number of hydrogen-bond donors (Lipinski definition) is 1. The largest absolute Gasteiger partial charge is 0.350 e. The number of imidazole rings is 1. The molecule has 0 saturated heterocycles. The summed E-state index contributed by atoms with van der Waals surface area (Å²) >= 11 is 8.77. The maximum atomic E-state index is 5.36. The number of aromatic nitrogens is 2. The fourth-order valence-corrected chi connectivity index (χ4v) is 2.01. The highest BCUT2D eigenvalue weighted by Crippen LogP contribution is 2.14. The number of likely N-dealkylation sites (N-methyl/N-ethyl adjacent to an activating group) is 1. The molecular formula is C13H15BrN4S. The minimum absolute atomic E-state index is 0.711. The molecule has 0 spiro atoms. The normalized spacial score (nSPS) is 10.2. The van der Waals surface area contributed by atoms with Gasteiger partial charge in [-0.05, 0) is 36.5 Å². The molecule has 100 valence electrons. The lowest BCUT2D eigenvalue weighted by Crippen LogP contribution is -2.33. The lowest BCUT2D eigenvalue weighted by Gasteiger charge is -2.21. The first-order valence-corrected chi connectivity index (χ1v) is 7.09. The highest BCUT2D eigenvalue weighted by molar-refractivity contribution is 9.10. The zero-order chi connectivity index (χ0) is 13.7. The lowest BCUT2D eigenvalue weighted by molar-refractivity contribution is 0.468. The number of hydrogen-bond acceptors (Lipinski definition) is 2. The van der Waals surface area contributed by atoms with Crippen molar-refractivity contribution in [3.8, 4) is 0 Å². The van der Waals surface area contributed by atoms with E-state index in [4.69, 9.17) is 12.2 Å². The van der Waals surface area contributed by atoms with E-state index in [1.54, 1.807) is 12.5 Å². The van der Waals surface area contributed by atoms with Crippen molar-refractivity contribution < 1.29 is 0 Å². The third-order valence-electron chi connectivity index (χ3n) is 2.69. The predicted octanol–water partition coefficient (Wildman–Crippen LogP) is 2.97. The van der Waals surface area contributed by atoms with Crippen molar-refractivity contribution in [1.29, 1.82) is 0 Å². The van der Waals surface area contributed by atoms with Crippen LogP contribution in [0.3, 0.4) is 0 Å². The fraction of sp³-hybridized carbons (Fsp3) is 0.231. The molecule has 6 heteroatoms. The molecule has 2 rings (SSSR count). The Kier molecular flexibility index (Phi) is 4.93. The highest BCUT2D eigenvalue weighted by Gasteiger charge is 2.04. The fourth-order valence-electron chi connectivity index (χ4n) is 1.54. The first-order chi connectivity index (χ1) is 9.15. The summed E-state index contributed by atoms with van der Waals surface area (Å²) < 4.78 is 3.08. The molecule has 1 aromatic heterocycles. The quantitative estimate of drug-likeness (QED) is 0.869. The molecule has 0 unspecified atom stereocenters. The minimum Gasteiger partial charge on any atom is -0.350 e. The van der Waals surface area contributed by atoms with Gasteiger partial charge in [0.05, 0.1) is 6.33 Å². The van der Waals surface area contributed by atoms with E-state index in [1.807, 2.05) is 47.0 Å². The number of benzene rings is 1. The molecule has 0 saturated carbocycles. The van der Waals surface area contributed by atoms with Crippen LogP contribution in [0.2, 0.25) is 0 Å². The van der Waals surface area contributed by atoms with Gasteiger partial charge < -0.3 is 14.8 Å². The minimum atomic E-state index is 0.711. The molecular weight excluding hydrogens is 324 g/mol. The van der Waals surface area contributed by atoms with Crippen LogP contribution in [0.25, 0.3) is 0 Å². The molecule has 4 nitrogen and oxygen atoms in total. The van der Waals surface area contributed by atoms with Crippen LogP contribution in [-0.4, -0.2) is 33.2 Å². The Hall–Kier alpha value is -1.40. The van der Waals surface area contributed by atoms with Gasteiger partial charge in [0.25, 0.3) is 0 Å². The first-order valence-electron chi connectivity index (χ1n) is 5.88. The Bertz CT molecular complexity index is 524. The summed E-state index contributed by atoms with van der Waals surface area (Å²) in [6.07, 6.45) is 5.52. The molecule has 1 aromatic carbocycles. The first kappa shape index (κ1) is 14.0. The summed E-state index contributed by atoms with van der Waals surface area (Å²) in [5.41, 5.74) is 0.989. The van der Waals surface area contributed by atoms with Crippen LogP contribution in [0.1, 0.15) is 0 Å². The molecule has 0 aliphatic heterocycles.